The quantitative estimate of drug-likeness (QED) is 0.402. The van der Waals surface area contributed by atoms with Crippen LogP contribution >= 0.6 is 0 Å². The van der Waals surface area contributed by atoms with Crippen molar-refractivity contribution in [3.63, 3.8) is 0 Å². The smallest absolute Gasteiger partial charge is 0.207 e. The van der Waals surface area contributed by atoms with Gasteiger partial charge in [0.25, 0.3) is 0 Å². The van der Waals surface area contributed by atoms with Gasteiger partial charge >= 0.3 is 0 Å². The van der Waals surface area contributed by atoms with Crippen molar-refractivity contribution in [2.24, 2.45) is 0 Å². The number of phenols is 1. The largest absolute Gasteiger partial charge is 0.507 e. The summed E-state index contributed by atoms with van der Waals surface area (Å²) >= 11 is 0. The molecule has 0 spiro atoms. The van der Waals surface area contributed by atoms with E-state index < -0.39 is 9.84 Å². The lowest BCUT2D eigenvalue weighted by Gasteiger charge is -2.28. The van der Waals surface area contributed by atoms with Crippen LogP contribution in [0.2, 0.25) is 0 Å². The van der Waals surface area contributed by atoms with E-state index in [2.05, 4.69) is 0 Å². The zero-order chi connectivity index (χ0) is 25.3. The van der Waals surface area contributed by atoms with Crippen molar-refractivity contribution in [1.29, 1.82) is 0 Å². The molecule has 180 valence electrons. The number of sulfone groups is 1. The molecule has 3 rings (SSSR count). The molecule has 1 N–H and O–H groups in total. The molecule has 0 aliphatic heterocycles. The number of hydrogen-bond acceptors (Lipinski definition) is 4. The van der Waals surface area contributed by atoms with Gasteiger partial charge in [0, 0.05) is 11.1 Å². The van der Waals surface area contributed by atoms with Crippen molar-refractivity contribution in [3.8, 4) is 11.5 Å². The molecule has 0 bridgehead atoms. The highest BCUT2D eigenvalue weighted by atomic mass is 32.2. The van der Waals surface area contributed by atoms with E-state index in [0.717, 1.165) is 5.56 Å². The number of rotatable bonds is 5. The summed E-state index contributed by atoms with van der Waals surface area (Å²) in [6, 6.07) is 19.3. The zero-order valence-corrected chi connectivity index (χ0v) is 21.8. The SMILES string of the molecule is COc1ccc(/C=C(\c2cc(C(C)(C)C)c(O)c(C(C)(C)C)c2)S(=O)(=O)c2ccccc2)cc1. The van der Waals surface area contributed by atoms with Crippen LogP contribution in [0, 0.1) is 0 Å². The Labute approximate surface area is 203 Å². The first-order valence-electron chi connectivity index (χ1n) is 11.3. The number of phenolic OH excluding ortho intramolecular Hbond substituents is 1. The van der Waals surface area contributed by atoms with Gasteiger partial charge in [-0.05, 0) is 64.4 Å². The molecule has 0 heterocycles. The fourth-order valence-electron chi connectivity index (χ4n) is 3.81. The van der Waals surface area contributed by atoms with Crippen LogP contribution in [-0.2, 0) is 20.7 Å². The van der Waals surface area contributed by atoms with E-state index in [1.165, 1.54) is 0 Å². The second kappa shape index (κ2) is 9.30. The molecule has 0 aromatic heterocycles. The van der Waals surface area contributed by atoms with E-state index in [4.69, 9.17) is 4.74 Å². The molecule has 0 unspecified atom stereocenters. The lowest BCUT2D eigenvalue weighted by molar-refractivity contribution is 0.415. The maximum Gasteiger partial charge on any atom is 0.207 e. The molecule has 0 radical (unpaired) electrons. The molecular weight excluding hydrogens is 444 g/mol. The van der Waals surface area contributed by atoms with Crippen LogP contribution in [0.1, 0.15) is 63.8 Å². The highest BCUT2D eigenvalue weighted by molar-refractivity contribution is 8.00. The molecule has 0 atom stereocenters. The minimum atomic E-state index is -3.86. The predicted octanol–water partition coefficient (Wildman–Crippen LogP) is 6.97. The molecular formula is C29H34O4S. The summed E-state index contributed by atoms with van der Waals surface area (Å²) in [5, 5.41) is 11.2. The first-order chi connectivity index (χ1) is 15.7. The summed E-state index contributed by atoms with van der Waals surface area (Å²) in [5.41, 5.74) is 1.92. The van der Waals surface area contributed by atoms with E-state index >= 15 is 0 Å². The molecule has 0 fully saturated rings. The van der Waals surface area contributed by atoms with E-state index in [1.807, 2.05) is 53.7 Å². The highest BCUT2D eigenvalue weighted by Crippen LogP contribution is 2.42. The Morgan fingerprint density at radius 2 is 1.32 bits per heavy atom. The number of hydrogen-bond donors (Lipinski definition) is 1. The van der Waals surface area contributed by atoms with Crippen LogP contribution in [0.3, 0.4) is 0 Å². The van der Waals surface area contributed by atoms with Gasteiger partial charge in [-0.2, -0.15) is 0 Å². The fraction of sp³-hybridized carbons (Fsp3) is 0.310. The Balaban J connectivity index is 2.38. The van der Waals surface area contributed by atoms with Crippen LogP contribution in [-0.4, -0.2) is 20.6 Å². The van der Waals surface area contributed by atoms with E-state index in [-0.39, 0.29) is 26.4 Å². The molecule has 0 aliphatic carbocycles. The van der Waals surface area contributed by atoms with Crippen molar-refractivity contribution in [2.45, 2.75) is 57.3 Å². The van der Waals surface area contributed by atoms with Crippen molar-refractivity contribution >= 4 is 20.8 Å². The van der Waals surface area contributed by atoms with E-state index in [0.29, 0.717) is 22.4 Å². The van der Waals surface area contributed by atoms with Gasteiger partial charge in [0.2, 0.25) is 9.84 Å². The molecule has 3 aromatic carbocycles. The topological polar surface area (TPSA) is 63.6 Å². The Hall–Kier alpha value is -3.05. The molecule has 0 saturated heterocycles. The minimum absolute atomic E-state index is 0.180. The van der Waals surface area contributed by atoms with E-state index in [1.54, 1.807) is 67.8 Å². The fourth-order valence-corrected chi connectivity index (χ4v) is 5.30. The number of benzene rings is 3. The van der Waals surface area contributed by atoms with Crippen LogP contribution in [0.5, 0.6) is 11.5 Å². The lowest BCUT2D eigenvalue weighted by atomic mass is 9.78. The lowest BCUT2D eigenvalue weighted by Crippen LogP contribution is -2.18. The minimum Gasteiger partial charge on any atom is -0.507 e. The van der Waals surface area contributed by atoms with Gasteiger partial charge < -0.3 is 9.84 Å². The summed E-state index contributed by atoms with van der Waals surface area (Å²) in [7, 11) is -2.27. The maximum atomic E-state index is 13.9. The summed E-state index contributed by atoms with van der Waals surface area (Å²) in [5.74, 6) is 0.906. The maximum absolute atomic E-state index is 13.9. The second-order valence-electron chi connectivity index (χ2n) is 10.5. The van der Waals surface area contributed by atoms with Gasteiger partial charge in [0.15, 0.2) is 0 Å². The van der Waals surface area contributed by atoms with Crippen LogP contribution in [0.25, 0.3) is 11.0 Å². The monoisotopic (exact) mass is 478 g/mol. The number of methoxy groups -OCH3 is 1. The van der Waals surface area contributed by atoms with Crippen molar-refractivity contribution < 1.29 is 18.3 Å². The second-order valence-corrected chi connectivity index (χ2v) is 12.4. The average Bonchev–Trinajstić information content (AvgIpc) is 2.77. The molecule has 0 saturated carbocycles. The third kappa shape index (κ3) is 5.36. The molecule has 4 nitrogen and oxygen atoms in total. The van der Waals surface area contributed by atoms with Gasteiger partial charge in [-0.1, -0.05) is 71.9 Å². The molecule has 3 aromatic rings. The van der Waals surface area contributed by atoms with Crippen LogP contribution in [0.15, 0.2) is 71.6 Å². The predicted molar refractivity (Wildman–Crippen MR) is 140 cm³/mol. The highest BCUT2D eigenvalue weighted by Gasteiger charge is 2.30. The Kier molecular flexibility index (Phi) is 6.99. The van der Waals surface area contributed by atoms with E-state index in [9.17, 15) is 13.5 Å². The third-order valence-electron chi connectivity index (χ3n) is 5.77. The Morgan fingerprint density at radius 1 is 0.824 bits per heavy atom. The van der Waals surface area contributed by atoms with Gasteiger partial charge in [0.05, 0.1) is 16.9 Å². The molecule has 34 heavy (non-hydrogen) atoms. The standard InChI is InChI=1S/C29H34O4S/c1-28(2,3)24-18-21(19-25(27(24)30)29(4,5)6)26(17-20-13-15-22(33-7)16-14-20)34(31,32)23-11-9-8-10-12-23/h8-19,30H,1-7H3/b26-17+. The average molecular weight is 479 g/mol. The van der Waals surface area contributed by atoms with Gasteiger partial charge in [-0.15, -0.1) is 0 Å². The van der Waals surface area contributed by atoms with Crippen LogP contribution in [0.4, 0.5) is 0 Å². The summed E-state index contributed by atoms with van der Waals surface area (Å²) in [6.07, 6.45) is 1.69. The van der Waals surface area contributed by atoms with Gasteiger partial charge in [-0.3, -0.25) is 0 Å². The Bertz CT molecular complexity index is 1250. The summed E-state index contributed by atoms with van der Waals surface area (Å²) < 4.78 is 33.1. The zero-order valence-electron chi connectivity index (χ0n) is 21.0. The van der Waals surface area contributed by atoms with Gasteiger partial charge in [0.1, 0.15) is 11.5 Å². The molecule has 5 heteroatoms. The first-order valence-corrected chi connectivity index (χ1v) is 12.8. The Morgan fingerprint density at radius 3 is 1.76 bits per heavy atom. The van der Waals surface area contributed by atoms with Gasteiger partial charge in [-0.25, -0.2) is 8.42 Å². The summed E-state index contributed by atoms with van der Waals surface area (Å²) in [4.78, 5) is 0.400. The third-order valence-corrected chi connectivity index (χ3v) is 7.59. The van der Waals surface area contributed by atoms with Crippen molar-refractivity contribution in [3.05, 3.63) is 89.0 Å². The first kappa shape index (κ1) is 25.6. The number of aromatic hydroxyl groups is 1. The van der Waals surface area contributed by atoms with Crippen molar-refractivity contribution in [2.75, 3.05) is 7.11 Å². The molecule has 0 aliphatic rings. The normalized spacial score (nSPS) is 13.1. The van der Waals surface area contributed by atoms with Crippen LogP contribution < -0.4 is 4.74 Å². The molecule has 0 amide bonds. The van der Waals surface area contributed by atoms with Crippen molar-refractivity contribution in [1.82, 2.24) is 0 Å². The number of ether oxygens (including phenoxy) is 1. The summed E-state index contributed by atoms with van der Waals surface area (Å²) in [6.45, 7) is 12.1.